The summed E-state index contributed by atoms with van der Waals surface area (Å²) in [5.74, 6) is 0.466. The van der Waals surface area contributed by atoms with Crippen LogP contribution in [0, 0.1) is 5.95 Å². The quantitative estimate of drug-likeness (QED) is 0.415. The van der Waals surface area contributed by atoms with E-state index in [1.807, 2.05) is 18.5 Å². The number of rotatable bonds is 5. The number of aromatic nitrogens is 5. The van der Waals surface area contributed by atoms with Crippen LogP contribution in [-0.2, 0) is 0 Å². The van der Waals surface area contributed by atoms with Crippen molar-refractivity contribution in [2.45, 2.75) is 38.1 Å². The second kappa shape index (κ2) is 8.07. The van der Waals surface area contributed by atoms with Gasteiger partial charge in [0.05, 0.1) is 16.2 Å². The van der Waals surface area contributed by atoms with Crippen molar-refractivity contribution in [2.24, 2.45) is 0 Å². The van der Waals surface area contributed by atoms with E-state index in [2.05, 4.69) is 31.4 Å². The van der Waals surface area contributed by atoms with Crippen LogP contribution in [0.5, 0.6) is 0 Å². The fourth-order valence-electron chi connectivity index (χ4n) is 3.99. The number of nitrogen functional groups attached to an aromatic ring is 1. The Morgan fingerprint density at radius 3 is 2.68 bits per heavy atom. The molecule has 0 bridgehead atoms. The molecule has 1 aliphatic carbocycles. The third kappa shape index (κ3) is 3.88. The maximum Gasteiger partial charge on any atom is 0.212 e. The van der Waals surface area contributed by atoms with Gasteiger partial charge in [0.1, 0.15) is 0 Å². The number of nitrogens with two attached hydrogens (primary N) is 1. The van der Waals surface area contributed by atoms with E-state index in [4.69, 9.17) is 10.7 Å². The van der Waals surface area contributed by atoms with Gasteiger partial charge in [0.15, 0.2) is 22.8 Å². The molecule has 4 heterocycles. The largest absolute Gasteiger partial charge is 0.391 e. The van der Waals surface area contributed by atoms with Crippen LogP contribution in [0.2, 0.25) is 0 Å². The molecule has 158 valence electrons. The maximum atomic E-state index is 13.4. The monoisotopic (exact) mass is 435 g/mol. The Bertz CT molecular complexity index is 1240. The van der Waals surface area contributed by atoms with E-state index in [0.717, 1.165) is 23.4 Å². The lowest BCUT2D eigenvalue weighted by Crippen LogP contribution is -2.13. The van der Waals surface area contributed by atoms with Gasteiger partial charge in [-0.15, -0.1) is 11.3 Å². The number of imidazole rings is 1. The summed E-state index contributed by atoms with van der Waals surface area (Å²) in [6.07, 6.45) is 9.16. The Hall–Kier alpha value is -3.33. The molecule has 5 rings (SSSR count). The van der Waals surface area contributed by atoms with Gasteiger partial charge in [-0.25, -0.2) is 19.9 Å². The van der Waals surface area contributed by atoms with Crippen LogP contribution < -0.4 is 11.1 Å². The minimum absolute atomic E-state index is 0.362. The number of hydrogen-bond donors (Lipinski definition) is 2. The number of nitrogens with zero attached hydrogens (tertiary/aromatic N) is 5. The van der Waals surface area contributed by atoms with E-state index in [1.54, 1.807) is 6.07 Å². The van der Waals surface area contributed by atoms with E-state index >= 15 is 0 Å². The molecule has 3 N–H and O–H groups in total. The number of fused-ring (bicyclic) bond motifs is 1. The van der Waals surface area contributed by atoms with Crippen molar-refractivity contribution >= 4 is 39.0 Å². The van der Waals surface area contributed by atoms with E-state index in [-0.39, 0.29) is 0 Å². The molecular formula is C22H22FN7S. The average molecular weight is 436 g/mol. The number of anilines is 2. The third-order valence-electron chi connectivity index (χ3n) is 5.57. The first kappa shape index (κ1) is 19.6. The first-order valence-electron chi connectivity index (χ1n) is 10.3. The van der Waals surface area contributed by atoms with Crippen molar-refractivity contribution in [2.75, 3.05) is 11.1 Å². The molecule has 0 spiro atoms. The highest BCUT2D eigenvalue weighted by molar-refractivity contribution is 7.16. The van der Waals surface area contributed by atoms with Crippen LogP contribution in [0.4, 0.5) is 15.2 Å². The van der Waals surface area contributed by atoms with Crippen molar-refractivity contribution in [3.63, 3.8) is 0 Å². The zero-order chi connectivity index (χ0) is 21.4. The smallest absolute Gasteiger partial charge is 0.212 e. The second-order valence-electron chi connectivity index (χ2n) is 7.69. The summed E-state index contributed by atoms with van der Waals surface area (Å²) in [7, 11) is 0. The lowest BCUT2D eigenvalue weighted by Gasteiger charge is -2.23. The first-order chi connectivity index (χ1) is 15.1. The Kier molecular flexibility index (Phi) is 5.11. The van der Waals surface area contributed by atoms with Crippen LogP contribution in [0.3, 0.4) is 0 Å². The fourth-order valence-corrected chi connectivity index (χ4v) is 4.69. The molecule has 0 saturated heterocycles. The van der Waals surface area contributed by atoms with Crippen molar-refractivity contribution < 1.29 is 4.39 Å². The Morgan fingerprint density at radius 2 is 1.97 bits per heavy atom. The van der Waals surface area contributed by atoms with Crippen molar-refractivity contribution in [3.8, 4) is 11.4 Å². The molecule has 4 aromatic rings. The number of hydrogen-bond acceptors (Lipinski definition) is 7. The second-order valence-corrected chi connectivity index (χ2v) is 8.80. The van der Waals surface area contributed by atoms with E-state index in [0.29, 0.717) is 39.5 Å². The molecule has 0 radical (unpaired) electrons. The van der Waals surface area contributed by atoms with Crippen LogP contribution in [0.1, 0.15) is 43.0 Å². The Labute approximate surface area is 182 Å². The van der Waals surface area contributed by atoms with Gasteiger partial charge in [-0.1, -0.05) is 25.8 Å². The summed E-state index contributed by atoms with van der Waals surface area (Å²) in [5.41, 5.74) is 8.61. The highest BCUT2D eigenvalue weighted by Crippen LogP contribution is 2.34. The number of thiophene rings is 1. The van der Waals surface area contributed by atoms with Crippen molar-refractivity contribution in [3.05, 3.63) is 54.2 Å². The molecule has 7 nitrogen and oxygen atoms in total. The minimum atomic E-state index is -0.543. The van der Waals surface area contributed by atoms with Gasteiger partial charge in [-0.3, -0.25) is 0 Å². The Morgan fingerprint density at radius 1 is 1.13 bits per heavy atom. The molecule has 1 aliphatic rings. The summed E-state index contributed by atoms with van der Waals surface area (Å²) >= 11 is 1.45. The summed E-state index contributed by atoms with van der Waals surface area (Å²) in [4.78, 5) is 18.8. The van der Waals surface area contributed by atoms with Gasteiger partial charge in [-0.2, -0.15) is 4.39 Å². The molecule has 0 unspecified atom stereocenters. The van der Waals surface area contributed by atoms with Gasteiger partial charge in [0, 0.05) is 23.5 Å². The first-order valence-corrected chi connectivity index (χ1v) is 11.1. The Balaban J connectivity index is 1.61. The topological polar surface area (TPSA) is 94.5 Å². The molecule has 0 aromatic carbocycles. The average Bonchev–Trinajstić information content (AvgIpc) is 3.41. The summed E-state index contributed by atoms with van der Waals surface area (Å²) in [6, 6.07) is 7.06. The summed E-state index contributed by atoms with van der Waals surface area (Å²) in [5, 5.41) is 4.00. The van der Waals surface area contributed by atoms with Crippen molar-refractivity contribution in [1.29, 1.82) is 0 Å². The lowest BCUT2D eigenvalue weighted by atomic mass is 9.95. The fraction of sp³-hybridized carbons (Fsp3) is 0.273. The van der Waals surface area contributed by atoms with Gasteiger partial charge in [0.25, 0.3) is 0 Å². The van der Waals surface area contributed by atoms with Gasteiger partial charge >= 0.3 is 0 Å². The van der Waals surface area contributed by atoms with Crippen LogP contribution in [0.15, 0.2) is 43.4 Å². The SMILES string of the molecule is C=C(Nc1nc(-c2ccc(F)nc2)nc2c1ncn2C1CCCCC1)c1ccc(N)s1. The number of halogens is 1. The molecule has 0 atom stereocenters. The molecule has 1 fully saturated rings. The molecule has 0 aliphatic heterocycles. The van der Waals surface area contributed by atoms with Crippen molar-refractivity contribution in [1.82, 2.24) is 24.5 Å². The molecular weight excluding hydrogens is 413 g/mol. The molecule has 1 saturated carbocycles. The lowest BCUT2D eigenvalue weighted by molar-refractivity contribution is 0.358. The predicted octanol–water partition coefficient (Wildman–Crippen LogP) is 5.26. The molecule has 9 heteroatoms. The molecule has 4 aromatic heterocycles. The van der Waals surface area contributed by atoms with Crippen LogP contribution in [0.25, 0.3) is 28.2 Å². The normalized spacial score (nSPS) is 14.7. The molecule has 31 heavy (non-hydrogen) atoms. The zero-order valence-corrected chi connectivity index (χ0v) is 17.7. The molecule has 0 amide bonds. The van der Waals surface area contributed by atoms with Crippen LogP contribution in [-0.4, -0.2) is 24.5 Å². The predicted molar refractivity (Wildman–Crippen MR) is 122 cm³/mol. The van der Waals surface area contributed by atoms with E-state index < -0.39 is 5.95 Å². The summed E-state index contributed by atoms with van der Waals surface area (Å²) < 4.78 is 15.5. The van der Waals surface area contributed by atoms with E-state index in [9.17, 15) is 4.39 Å². The standard InChI is InChI=1S/C22H22FN7S/c1-13(16-8-10-18(24)31-16)27-21-19-22(30(12-26-19)15-5-3-2-4-6-15)29-20(28-21)14-7-9-17(23)25-11-14/h7-12,15H,1-6,24H2,(H,27,28,29). The van der Waals surface area contributed by atoms with Gasteiger partial charge < -0.3 is 15.6 Å². The summed E-state index contributed by atoms with van der Waals surface area (Å²) in [6.45, 7) is 4.14. The van der Waals surface area contributed by atoms with Gasteiger partial charge in [0.2, 0.25) is 5.95 Å². The highest BCUT2D eigenvalue weighted by atomic mass is 32.1. The number of nitrogens with one attached hydrogen (secondary N) is 1. The number of pyridine rings is 1. The van der Waals surface area contributed by atoms with E-state index in [1.165, 1.54) is 42.9 Å². The third-order valence-corrected chi connectivity index (χ3v) is 6.54. The minimum Gasteiger partial charge on any atom is -0.391 e. The highest BCUT2D eigenvalue weighted by Gasteiger charge is 2.21. The zero-order valence-electron chi connectivity index (χ0n) is 16.9. The van der Waals surface area contributed by atoms with Crippen LogP contribution >= 0.6 is 11.3 Å². The van der Waals surface area contributed by atoms with Gasteiger partial charge in [-0.05, 0) is 37.1 Å². The maximum absolute atomic E-state index is 13.4.